The van der Waals surface area contributed by atoms with E-state index in [1.807, 2.05) is 52.0 Å². The monoisotopic (exact) mass is 321 g/mol. The molecule has 3 rings (SSSR count). The first-order valence-corrected chi connectivity index (χ1v) is 7.68. The van der Waals surface area contributed by atoms with E-state index >= 15 is 0 Å². The minimum absolute atomic E-state index is 0.171. The van der Waals surface area contributed by atoms with Gasteiger partial charge in [-0.05, 0) is 45.4 Å². The number of amides is 1. The number of nitrogens with zero attached hydrogens (tertiary/aromatic N) is 4. The van der Waals surface area contributed by atoms with E-state index in [4.69, 9.17) is 0 Å². The van der Waals surface area contributed by atoms with Gasteiger partial charge in [-0.3, -0.25) is 4.79 Å². The van der Waals surface area contributed by atoms with Crippen LogP contribution < -0.4 is 5.32 Å². The van der Waals surface area contributed by atoms with Gasteiger partial charge in [0, 0.05) is 11.3 Å². The second-order valence-electron chi connectivity index (χ2n) is 5.88. The number of carbonyl (C=O) groups excluding carboxylic acids is 1. The fraction of sp³-hybridized carbons (Fsp3) is 0.222. The third-order valence-corrected chi connectivity index (χ3v) is 3.72. The van der Waals surface area contributed by atoms with Crippen molar-refractivity contribution in [1.82, 2.24) is 19.7 Å². The lowest BCUT2D eigenvalue weighted by Gasteiger charge is -2.08. The number of anilines is 1. The molecule has 0 spiro atoms. The molecule has 0 radical (unpaired) electrons. The van der Waals surface area contributed by atoms with E-state index < -0.39 is 0 Å². The molecule has 0 aliphatic rings. The maximum Gasteiger partial charge on any atom is 0.256 e. The zero-order valence-electron chi connectivity index (χ0n) is 14.2. The minimum atomic E-state index is -0.171. The van der Waals surface area contributed by atoms with Gasteiger partial charge in [0.1, 0.15) is 0 Å². The highest BCUT2D eigenvalue weighted by atomic mass is 16.1. The average molecular weight is 321 g/mol. The van der Waals surface area contributed by atoms with Gasteiger partial charge in [0.2, 0.25) is 0 Å². The zero-order valence-corrected chi connectivity index (χ0v) is 14.2. The summed E-state index contributed by atoms with van der Waals surface area (Å²) in [6.45, 7) is 7.78. The summed E-state index contributed by atoms with van der Waals surface area (Å²) in [6.07, 6.45) is 3.17. The number of nitrogens with one attached hydrogen (secondary N) is 1. The summed E-state index contributed by atoms with van der Waals surface area (Å²) >= 11 is 0. The van der Waals surface area contributed by atoms with E-state index in [-0.39, 0.29) is 5.91 Å². The van der Waals surface area contributed by atoms with Gasteiger partial charge in [-0.2, -0.15) is 5.10 Å². The Balaban J connectivity index is 1.79. The number of benzene rings is 1. The Morgan fingerprint density at radius 2 is 1.75 bits per heavy atom. The third-order valence-electron chi connectivity index (χ3n) is 3.72. The molecule has 0 saturated carbocycles. The highest BCUT2D eigenvalue weighted by Gasteiger charge is 2.11. The Hall–Kier alpha value is -3.02. The van der Waals surface area contributed by atoms with E-state index in [0.717, 1.165) is 22.5 Å². The molecule has 0 atom stereocenters. The van der Waals surface area contributed by atoms with Crippen molar-refractivity contribution < 1.29 is 4.79 Å². The summed E-state index contributed by atoms with van der Waals surface area (Å²) < 4.78 is 1.67. The summed E-state index contributed by atoms with van der Waals surface area (Å²) in [5.74, 6) is 0.306. The summed E-state index contributed by atoms with van der Waals surface area (Å²) in [6, 6.07) is 7.69. The van der Waals surface area contributed by atoms with Gasteiger partial charge in [0.25, 0.3) is 11.9 Å². The van der Waals surface area contributed by atoms with Crippen LogP contribution in [-0.4, -0.2) is 25.7 Å². The lowest BCUT2D eigenvalue weighted by molar-refractivity contribution is 0.102. The molecule has 0 unspecified atom stereocenters. The maximum atomic E-state index is 12.4. The van der Waals surface area contributed by atoms with Gasteiger partial charge < -0.3 is 5.32 Å². The molecule has 2 heterocycles. The number of aromatic nitrogens is 4. The molecule has 2 aromatic heterocycles. The largest absolute Gasteiger partial charge is 0.319 e. The van der Waals surface area contributed by atoms with Crippen molar-refractivity contribution in [3.8, 4) is 5.95 Å². The van der Waals surface area contributed by atoms with Crippen molar-refractivity contribution in [2.24, 2.45) is 0 Å². The fourth-order valence-corrected chi connectivity index (χ4v) is 2.59. The van der Waals surface area contributed by atoms with E-state index in [2.05, 4.69) is 20.4 Å². The maximum absolute atomic E-state index is 12.4. The van der Waals surface area contributed by atoms with Crippen molar-refractivity contribution in [2.75, 3.05) is 5.32 Å². The number of hydrogen-bond donors (Lipinski definition) is 1. The molecule has 0 saturated heterocycles. The van der Waals surface area contributed by atoms with Crippen LogP contribution in [0.15, 0.2) is 36.7 Å². The summed E-state index contributed by atoms with van der Waals surface area (Å²) in [5, 5.41) is 7.17. The van der Waals surface area contributed by atoms with Crippen molar-refractivity contribution in [3.63, 3.8) is 0 Å². The van der Waals surface area contributed by atoms with Gasteiger partial charge in [0.05, 0.1) is 23.8 Å². The molecule has 122 valence electrons. The molecular formula is C18H19N5O. The van der Waals surface area contributed by atoms with Crippen LogP contribution >= 0.6 is 0 Å². The summed E-state index contributed by atoms with van der Waals surface area (Å²) in [4.78, 5) is 20.9. The lowest BCUT2D eigenvalue weighted by atomic mass is 10.1. The van der Waals surface area contributed by atoms with Crippen LogP contribution in [0.25, 0.3) is 5.95 Å². The zero-order chi connectivity index (χ0) is 17.3. The van der Waals surface area contributed by atoms with E-state index in [0.29, 0.717) is 17.2 Å². The molecule has 6 nitrogen and oxygen atoms in total. The van der Waals surface area contributed by atoms with Gasteiger partial charge in [-0.25, -0.2) is 14.6 Å². The molecule has 24 heavy (non-hydrogen) atoms. The molecule has 1 N–H and O–H groups in total. The second-order valence-corrected chi connectivity index (χ2v) is 5.88. The smallest absolute Gasteiger partial charge is 0.256 e. The Labute approximate surface area is 140 Å². The van der Waals surface area contributed by atoms with Gasteiger partial charge in [0.15, 0.2) is 0 Å². The normalized spacial score (nSPS) is 10.7. The van der Waals surface area contributed by atoms with Crippen LogP contribution in [-0.2, 0) is 0 Å². The van der Waals surface area contributed by atoms with Crippen LogP contribution in [0.1, 0.15) is 32.9 Å². The van der Waals surface area contributed by atoms with Crippen molar-refractivity contribution in [3.05, 3.63) is 64.7 Å². The molecule has 1 amide bonds. The first kappa shape index (κ1) is 15.9. The Morgan fingerprint density at radius 1 is 1.04 bits per heavy atom. The topological polar surface area (TPSA) is 72.7 Å². The molecular weight excluding hydrogens is 302 g/mol. The molecule has 6 heteroatoms. The number of carbonyl (C=O) groups is 1. The lowest BCUT2D eigenvalue weighted by Crippen LogP contribution is -2.14. The van der Waals surface area contributed by atoms with E-state index in [1.54, 1.807) is 17.1 Å². The van der Waals surface area contributed by atoms with Crippen LogP contribution in [0.4, 0.5) is 5.69 Å². The van der Waals surface area contributed by atoms with Crippen molar-refractivity contribution >= 4 is 11.6 Å². The van der Waals surface area contributed by atoms with Crippen LogP contribution in [0.2, 0.25) is 0 Å². The molecule has 0 aliphatic heterocycles. The Morgan fingerprint density at radius 3 is 2.33 bits per heavy atom. The van der Waals surface area contributed by atoms with Crippen molar-refractivity contribution in [1.29, 1.82) is 0 Å². The summed E-state index contributed by atoms with van der Waals surface area (Å²) in [7, 11) is 0. The minimum Gasteiger partial charge on any atom is -0.319 e. The predicted molar refractivity (Wildman–Crippen MR) is 92.5 cm³/mol. The van der Waals surface area contributed by atoms with Gasteiger partial charge in [-0.1, -0.05) is 17.7 Å². The summed E-state index contributed by atoms with van der Waals surface area (Å²) in [5.41, 5.74) is 5.12. The number of aryl methyl sites for hydroxylation is 4. The molecule has 0 bridgehead atoms. The number of hydrogen-bond acceptors (Lipinski definition) is 4. The Bertz CT molecular complexity index is 896. The highest BCUT2D eigenvalue weighted by Crippen LogP contribution is 2.14. The van der Waals surface area contributed by atoms with E-state index in [1.165, 1.54) is 0 Å². The van der Waals surface area contributed by atoms with Crippen molar-refractivity contribution in [2.45, 2.75) is 27.7 Å². The third kappa shape index (κ3) is 3.17. The quantitative estimate of drug-likeness (QED) is 0.804. The van der Waals surface area contributed by atoms with Crippen LogP contribution in [0.3, 0.4) is 0 Å². The molecule has 0 fully saturated rings. The van der Waals surface area contributed by atoms with Gasteiger partial charge in [-0.15, -0.1) is 0 Å². The SMILES string of the molecule is Cc1ccc(C(=O)Nc2cnc(-n3nc(C)cc3C)nc2)c(C)c1. The highest BCUT2D eigenvalue weighted by molar-refractivity contribution is 6.05. The average Bonchev–Trinajstić information content (AvgIpc) is 2.86. The molecule has 3 aromatic rings. The molecule has 0 aliphatic carbocycles. The van der Waals surface area contributed by atoms with Crippen LogP contribution in [0, 0.1) is 27.7 Å². The predicted octanol–water partition coefficient (Wildman–Crippen LogP) is 3.15. The fourth-order valence-electron chi connectivity index (χ4n) is 2.59. The number of rotatable bonds is 3. The molecule has 1 aromatic carbocycles. The standard InChI is InChI=1S/C18H19N5O/c1-11-5-6-16(12(2)7-11)17(24)21-15-9-19-18(20-10-15)23-14(4)8-13(3)22-23/h5-10H,1-4H3,(H,21,24). The Kier molecular flexibility index (Phi) is 4.12. The van der Waals surface area contributed by atoms with Gasteiger partial charge >= 0.3 is 0 Å². The van der Waals surface area contributed by atoms with Crippen LogP contribution in [0.5, 0.6) is 0 Å². The van der Waals surface area contributed by atoms with E-state index in [9.17, 15) is 4.79 Å². The second kappa shape index (κ2) is 6.23. The first-order valence-electron chi connectivity index (χ1n) is 7.68. The first-order chi connectivity index (χ1) is 11.4.